The summed E-state index contributed by atoms with van der Waals surface area (Å²) < 4.78 is 0. The van der Waals surface area contributed by atoms with Gasteiger partial charge >= 0.3 is 0 Å². The zero-order valence-electron chi connectivity index (χ0n) is 10.2. The molecule has 98 valence electrons. The predicted molar refractivity (Wildman–Crippen MR) is 67.6 cm³/mol. The second kappa shape index (κ2) is 6.76. The third-order valence-corrected chi connectivity index (χ3v) is 2.62. The predicted octanol–water partition coefficient (Wildman–Crippen LogP) is -0.333. The van der Waals surface area contributed by atoms with Crippen LogP contribution in [0.3, 0.4) is 0 Å². The highest BCUT2D eigenvalue weighted by molar-refractivity contribution is 5.78. The molecule has 0 radical (unpaired) electrons. The summed E-state index contributed by atoms with van der Waals surface area (Å²) in [5.41, 5.74) is 12.9. The minimum atomic E-state index is -0.400. The molecule has 1 rings (SSSR count). The third kappa shape index (κ3) is 4.55. The molecule has 0 fully saturated rings. The Morgan fingerprint density at radius 2 is 1.72 bits per heavy atom. The molecule has 0 saturated heterocycles. The van der Waals surface area contributed by atoms with Crippen molar-refractivity contribution in [1.29, 1.82) is 0 Å². The lowest BCUT2D eigenvalue weighted by Gasteiger charge is -2.10. The van der Waals surface area contributed by atoms with E-state index >= 15 is 0 Å². The highest BCUT2D eigenvalue weighted by atomic mass is 16.2. The van der Waals surface area contributed by atoms with E-state index in [-0.39, 0.29) is 19.4 Å². The molecule has 1 aromatic rings. The van der Waals surface area contributed by atoms with Gasteiger partial charge in [-0.05, 0) is 29.5 Å². The first-order valence-electron chi connectivity index (χ1n) is 5.81. The van der Waals surface area contributed by atoms with E-state index in [1.54, 1.807) is 12.1 Å². The summed E-state index contributed by atoms with van der Waals surface area (Å²) in [6, 6.07) is 5.40. The number of nitrogens with two attached hydrogens (primary N) is 2. The maximum absolute atomic E-state index is 11.0. The summed E-state index contributed by atoms with van der Waals surface area (Å²) in [5.74, 6) is -0.798. The molecule has 5 heteroatoms. The van der Waals surface area contributed by atoms with Gasteiger partial charge in [0.25, 0.3) is 0 Å². The van der Waals surface area contributed by atoms with E-state index < -0.39 is 11.8 Å². The summed E-state index contributed by atoms with van der Waals surface area (Å²) in [5, 5.41) is 8.85. The van der Waals surface area contributed by atoms with Crippen LogP contribution in [0.15, 0.2) is 18.2 Å². The highest BCUT2D eigenvalue weighted by Gasteiger charge is 2.08. The Labute approximate surface area is 106 Å². The molecule has 0 aliphatic rings. The smallest absolute Gasteiger partial charge is 0.221 e. The van der Waals surface area contributed by atoms with Gasteiger partial charge in [-0.15, -0.1) is 0 Å². The summed E-state index contributed by atoms with van der Waals surface area (Å²) in [6.07, 6.45) is 1.58. The molecule has 2 amide bonds. The minimum Gasteiger partial charge on any atom is -0.396 e. The first-order valence-corrected chi connectivity index (χ1v) is 5.81. The van der Waals surface area contributed by atoms with Crippen molar-refractivity contribution in [3.63, 3.8) is 0 Å². The van der Waals surface area contributed by atoms with E-state index in [2.05, 4.69) is 0 Å². The zero-order valence-corrected chi connectivity index (χ0v) is 10.2. The number of amides is 2. The number of aliphatic hydroxyl groups excluding tert-OH is 1. The lowest BCUT2D eigenvalue weighted by molar-refractivity contribution is -0.118. The van der Waals surface area contributed by atoms with Gasteiger partial charge in [-0.3, -0.25) is 9.59 Å². The SMILES string of the molecule is NC(=O)Cc1ccc(CC(N)=O)c(CCCO)c1. The van der Waals surface area contributed by atoms with Crippen LogP contribution in [0.1, 0.15) is 23.1 Å². The Morgan fingerprint density at radius 1 is 1.06 bits per heavy atom. The van der Waals surface area contributed by atoms with Gasteiger partial charge in [0.05, 0.1) is 12.8 Å². The molecule has 0 aliphatic heterocycles. The molecule has 0 heterocycles. The molecule has 1 aromatic carbocycles. The van der Waals surface area contributed by atoms with E-state index in [4.69, 9.17) is 16.6 Å². The van der Waals surface area contributed by atoms with E-state index in [0.29, 0.717) is 12.8 Å². The molecule has 0 unspecified atom stereocenters. The van der Waals surface area contributed by atoms with Crippen LogP contribution >= 0.6 is 0 Å². The van der Waals surface area contributed by atoms with Crippen LogP contribution in [0.5, 0.6) is 0 Å². The van der Waals surface area contributed by atoms with E-state index in [9.17, 15) is 9.59 Å². The molecule has 0 aliphatic carbocycles. The van der Waals surface area contributed by atoms with Gasteiger partial charge in [-0.2, -0.15) is 0 Å². The van der Waals surface area contributed by atoms with Gasteiger partial charge < -0.3 is 16.6 Å². The van der Waals surface area contributed by atoms with Crippen LogP contribution in [-0.2, 0) is 28.9 Å². The Hall–Kier alpha value is -1.88. The molecular weight excluding hydrogens is 232 g/mol. The van der Waals surface area contributed by atoms with Gasteiger partial charge in [0.2, 0.25) is 11.8 Å². The first kappa shape index (κ1) is 14.2. The van der Waals surface area contributed by atoms with Gasteiger partial charge in [0.15, 0.2) is 0 Å². The van der Waals surface area contributed by atoms with E-state index in [1.807, 2.05) is 6.07 Å². The molecule has 0 saturated carbocycles. The van der Waals surface area contributed by atoms with Crippen molar-refractivity contribution in [2.75, 3.05) is 6.61 Å². The number of primary amides is 2. The summed E-state index contributed by atoms with van der Waals surface area (Å²) >= 11 is 0. The minimum absolute atomic E-state index is 0.0794. The quantitative estimate of drug-likeness (QED) is 0.616. The zero-order chi connectivity index (χ0) is 13.5. The lowest BCUT2D eigenvalue weighted by atomic mass is 9.96. The Balaban J connectivity index is 2.95. The van der Waals surface area contributed by atoms with Gasteiger partial charge in [-0.1, -0.05) is 18.2 Å². The summed E-state index contributed by atoms with van der Waals surface area (Å²) in [4.78, 5) is 21.8. The number of rotatable bonds is 7. The monoisotopic (exact) mass is 250 g/mol. The van der Waals surface area contributed by atoms with Crippen molar-refractivity contribution < 1.29 is 14.7 Å². The second-order valence-electron chi connectivity index (χ2n) is 4.22. The van der Waals surface area contributed by atoms with Crippen molar-refractivity contribution in [3.05, 3.63) is 34.9 Å². The van der Waals surface area contributed by atoms with Crippen molar-refractivity contribution >= 4 is 11.8 Å². The fourth-order valence-corrected chi connectivity index (χ4v) is 1.85. The largest absolute Gasteiger partial charge is 0.396 e. The fraction of sp³-hybridized carbons (Fsp3) is 0.385. The molecule has 0 atom stereocenters. The van der Waals surface area contributed by atoms with Gasteiger partial charge in [0, 0.05) is 6.61 Å². The molecule has 5 nitrogen and oxygen atoms in total. The molecule has 18 heavy (non-hydrogen) atoms. The maximum atomic E-state index is 11.0. The average Bonchev–Trinajstić information content (AvgIpc) is 2.27. The van der Waals surface area contributed by atoms with Crippen LogP contribution in [0.4, 0.5) is 0 Å². The number of aliphatic hydroxyl groups is 1. The number of aryl methyl sites for hydroxylation is 1. The van der Waals surface area contributed by atoms with Crippen molar-refractivity contribution in [2.45, 2.75) is 25.7 Å². The summed E-state index contributed by atoms with van der Waals surface area (Å²) in [6.45, 7) is 0.0794. The highest BCUT2D eigenvalue weighted by Crippen LogP contribution is 2.15. The first-order chi connectivity index (χ1) is 8.52. The van der Waals surface area contributed by atoms with Crippen LogP contribution in [-0.4, -0.2) is 23.5 Å². The lowest BCUT2D eigenvalue weighted by Crippen LogP contribution is -2.16. The number of benzene rings is 1. The Bertz CT molecular complexity index is 444. The normalized spacial score (nSPS) is 10.3. The Kier molecular flexibility index (Phi) is 5.32. The number of carbonyl (C=O) groups excluding carboxylic acids is 2. The second-order valence-corrected chi connectivity index (χ2v) is 4.22. The van der Waals surface area contributed by atoms with E-state index in [0.717, 1.165) is 16.7 Å². The molecule has 0 spiro atoms. The Morgan fingerprint density at radius 3 is 2.28 bits per heavy atom. The topological polar surface area (TPSA) is 106 Å². The van der Waals surface area contributed by atoms with Crippen LogP contribution in [0.25, 0.3) is 0 Å². The molecular formula is C13H18N2O3. The van der Waals surface area contributed by atoms with Gasteiger partial charge in [0.1, 0.15) is 0 Å². The average molecular weight is 250 g/mol. The number of carbonyl (C=O) groups is 2. The molecule has 0 aromatic heterocycles. The third-order valence-electron chi connectivity index (χ3n) is 2.62. The van der Waals surface area contributed by atoms with Crippen LogP contribution in [0, 0.1) is 0 Å². The maximum Gasteiger partial charge on any atom is 0.221 e. The molecule has 5 N–H and O–H groups in total. The fourth-order valence-electron chi connectivity index (χ4n) is 1.85. The molecule has 0 bridgehead atoms. The number of hydrogen-bond acceptors (Lipinski definition) is 3. The van der Waals surface area contributed by atoms with Gasteiger partial charge in [-0.25, -0.2) is 0 Å². The number of hydrogen-bond donors (Lipinski definition) is 3. The van der Waals surface area contributed by atoms with E-state index in [1.165, 1.54) is 0 Å². The van der Waals surface area contributed by atoms with Crippen molar-refractivity contribution in [2.24, 2.45) is 11.5 Å². The summed E-state index contributed by atoms with van der Waals surface area (Å²) in [7, 11) is 0. The van der Waals surface area contributed by atoms with Crippen LogP contribution in [0.2, 0.25) is 0 Å². The van der Waals surface area contributed by atoms with Crippen molar-refractivity contribution in [3.8, 4) is 0 Å². The van der Waals surface area contributed by atoms with Crippen LogP contribution < -0.4 is 11.5 Å². The standard InChI is InChI=1S/C13H18N2O3/c14-12(17)7-9-3-4-11(8-13(15)18)10(6-9)2-1-5-16/h3-4,6,16H,1-2,5,7-8H2,(H2,14,17)(H2,15,18). The van der Waals surface area contributed by atoms with Crippen molar-refractivity contribution in [1.82, 2.24) is 0 Å².